The first-order valence-electron chi connectivity index (χ1n) is 4.50. The number of aromatic nitrogens is 3. The predicted octanol–water partition coefficient (Wildman–Crippen LogP) is 0.702. The minimum absolute atomic E-state index is 0.127. The van der Waals surface area contributed by atoms with Crippen LogP contribution in [0.5, 0.6) is 0 Å². The monoisotopic (exact) mass is 304 g/mol. The maximum Gasteiger partial charge on any atom is 0.258 e. The van der Waals surface area contributed by atoms with E-state index in [0.29, 0.717) is 12.1 Å². The Morgan fingerprint density at radius 3 is 2.75 bits per heavy atom. The van der Waals surface area contributed by atoms with Gasteiger partial charge in [0.15, 0.2) is 5.65 Å². The zero-order valence-electron chi connectivity index (χ0n) is 8.38. The van der Waals surface area contributed by atoms with Gasteiger partial charge in [0.2, 0.25) is 5.03 Å². The van der Waals surface area contributed by atoms with Crippen LogP contribution in [0.3, 0.4) is 0 Å². The third kappa shape index (κ3) is 1.83. The Morgan fingerprint density at radius 1 is 1.50 bits per heavy atom. The van der Waals surface area contributed by atoms with Gasteiger partial charge in [0.1, 0.15) is 4.60 Å². The highest BCUT2D eigenvalue weighted by molar-refractivity contribution is 9.10. The van der Waals surface area contributed by atoms with Gasteiger partial charge < -0.3 is 0 Å². The van der Waals surface area contributed by atoms with Gasteiger partial charge in [0, 0.05) is 0 Å². The standard InChI is InChI=1S/C8H9BrN4O2S/c1-2-5-3-4-6-11-7(9)8(13(6)12-5)16(10,14)15/h3-4H,2H2,1H3,(H2,10,14,15). The molecule has 0 amide bonds. The Balaban J connectivity index is 2.87. The van der Waals surface area contributed by atoms with Gasteiger partial charge in [0.05, 0.1) is 5.69 Å². The second-order valence-electron chi connectivity index (χ2n) is 3.20. The number of fused-ring (bicyclic) bond motifs is 1. The van der Waals surface area contributed by atoms with E-state index in [4.69, 9.17) is 5.14 Å². The number of aryl methyl sites for hydroxylation is 1. The van der Waals surface area contributed by atoms with Crippen LogP contribution in [-0.2, 0) is 16.4 Å². The Hall–Kier alpha value is -0.990. The first-order valence-corrected chi connectivity index (χ1v) is 6.84. The van der Waals surface area contributed by atoms with Gasteiger partial charge in [-0.05, 0) is 34.5 Å². The normalized spacial score (nSPS) is 12.2. The molecular weight excluding hydrogens is 296 g/mol. The zero-order chi connectivity index (χ0) is 11.9. The fourth-order valence-corrected chi connectivity index (χ4v) is 3.03. The molecule has 2 N–H and O–H groups in total. The molecule has 2 heterocycles. The van der Waals surface area contributed by atoms with Gasteiger partial charge in [0.25, 0.3) is 10.0 Å². The fourth-order valence-electron chi connectivity index (χ4n) is 1.35. The number of hydrogen-bond acceptors (Lipinski definition) is 4. The van der Waals surface area contributed by atoms with Gasteiger partial charge in [-0.1, -0.05) is 6.92 Å². The number of sulfonamides is 1. The molecule has 0 saturated heterocycles. The van der Waals surface area contributed by atoms with Crippen molar-refractivity contribution in [2.24, 2.45) is 5.14 Å². The largest absolute Gasteiger partial charge is 0.258 e. The summed E-state index contributed by atoms with van der Waals surface area (Å²) in [6.07, 6.45) is 0.704. The van der Waals surface area contributed by atoms with Crippen LogP contribution in [0, 0.1) is 0 Å². The quantitative estimate of drug-likeness (QED) is 0.884. The third-order valence-corrected chi connectivity index (χ3v) is 3.80. The molecule has 6 nitrogen and oxygen atoms in total. The molecule has 0 aliphatic carbocycles. The molecule has 0 radical (unpaired) electrons. The van der Waals surface area contributed by atoms with E-state index in [1.807, 2.05) is 6.92 Å². The van der Waals surface area contributed by atoms with Crippen molar-refractivity contribution in [2.45, 2.75) is 18.4 Å². The van der Waals surface area contributed by atoms with Gasteiger partial charge in [-0.25, -0.2) is 18.5 Å². The molecule has 0 aliphatic rings. The SMILES string of the molecule is CCc1ccc2nc(Br)c(S(N)(=O)=O)n2n1. The third-order valence-electron chi connectivity index (χ3n) is 2.08. The van der Waals surface area contributed by atoms with Crippen molar-refractivity contribution >= 4 is 31.6 Å². The molecule has 16 heavy (non-hydrogen) atoms. The average Bonchev–Trinajstić information content (AvgIpc) is 2.51. The summed E-state index contributed by atoms with van der Waals surface area (Å²) < 4.78 is 24.2. The predicted molar refractivity (Wildman–Crippen MR) is 61.4 cm³/mol. The van der Waals surface area contributed by atoms with Gasteiger partial charge in [-0.15, -0.1) is 0 Å². The fraction of sp³-hybridized carbons (Fsp3) is 0.250. The lowest BCUT2D eigenvalue weighted by atomic mass is 10.3. The molecule has 86 valence electrons. The lowest BCUT2D eigenvalue weighted by molar-refractivity contribution is 0.588. The Bertz CT molecular complexity index is 649. The lowest BCUT2D eigenvalue weighted by Gasteiger charge is -2.00. The van der Waals surface area contributed by atoms with Crippen LogP contribution in [-0.4, -0.2) is 23.0 Å². The summed E-state index contributed by atoms with van der Waals surface area (Å²) in [6.45, 7) is 1.93. The van der Waals surface area contributed by atoms with Gasteiger partial charge in [-0.3, -0.25) is 0 Å². The second-order valence-corrected chi connectivity index (χ2v) is 5.43. The van der Waals surface area contributed by atoms with Crippen molar-refractivity contribution in [2.75, 3.05) is 0 Å². The molecule has 0 atom stereocenters. The second kappa shape index (κ2) is 3.79. The number of nitrogens with zero attached hydrogens (tertiary/aromatic N) is 3. The van der Waals surface area contributed by atoms with E-state index >= 15 is 0 Å². The summed E-state index contributed by atoms with van der Waals surface area (Å²) in [5, 5.41) is 9.12. The van der Waals surface area contributed by atoms with Crippen molar-refractivity contribution in [1.82, 2.24) is 14.6 Å². The van der Waals surface area contributed by atoms with Crippen molar-refractivity contribution in [3.05, 3.63) is 22.4 Å². The molecule has 2 aromatic heterocycles. The number of rotatable bonds is 2. The average molecular weight is 305 g/mol. The summed E-state index contributed by atoms with van der Waals surface area (Å²) in [7, 11) is -3.85. The molecule has 0 bridgehead atoms. The number of hydrogen-bond donors (Lipinski definition) is 1. The van der Waals surface area contributed by atoms with E-state index in [1.54, 1.807) is 12.1 Å². The molecule has 2 rings (SSSR count). The maximum atomic E-state index is 11.4. The van der Waals surface area contributed by atoms with E-state index in [0.717, 1.165) is 5.69 Å². The summed E-state index contributed by atoms with van der Waals surface area (Å²) >= 11 is 3.06. The van der Waals surface area contributed by atoms with Crippen molar-refractivity contribution in [3.8, 4) is 0 Å². The summed E-state index contributed by atoms with van der Waals surface area (Å²) in [6, 6.07) is 3.49. The lowest BCUT2D eigenvalue weighted by Crippen LogP contribution is -2.16. The molecular formula is C8H9BrN4O2S. The molecule has 2 aromatic rings. The maximum absolute atomic E-state index is 11.4. The van der Waals surface area contributed by atoms with Crippen LogP contribution in [0.1, 0.15) is 12.6 Å². The van der Waals surface area contributed by atoms with E-state index in [-0.39, 0.29) is 9.63 Å². The summed E-state index contributed by atoms with van der Waals surface area (Å²) in [5.41, 5.74) is 1.20. The zero-order valence-corrected chi connectivity index (χ0v) is 10.8. The Kier molecular flexibility index (Phi) is 2.72. The van der Waals surface area contributed by atoms with Crippen LogP contribution >= 0.6 is 15.9 Å². The van der Waals surface area contributed by atoms with E-state index < -0.39 is 10.0 Å². The number of imidazole rings is 1. The van der Waals surface area contributed by atoms with Crippen molar-refractivity contribution in [1.29, 1.82) is 0 Å². The van der Waals surface area contributed by atoms with E-state index in [9.17, 15) is 8.42 Å². The topological polar surface area (TPSA) is 90.3 Å². The van der Waals surface area contributed by atoms with Crippen molar-refractivity contribution in [3.63, 3.8) is 0 Å². The molecule has 0 aliphatic heterocycles. The summed E-state index contributed by atoms with van der Waals surface area (Å²) in [4.78, 5) is 4.01. The Morgan fingerprint density at radius 2 is 2.19 bits per heavy atom. The van der Waals surface area contributed by atoms with Crippen molar-refractivity contribution < 1.29 is 8.42 Å². The van der Waals surface area contributed by atoms with Crippen LogP contribution in [0.4, 0.5) is 0 Å². The van der Waals surface area contributed by atoms with E-state index in [1.165, 1.54) is 4.52 Å². The molecule has 0 fully saturated rings. The van der Waals surface area contributed by atoms with E-state index in [2.05, 4.69) is 26.0 Å². The number of halogens is 1. The van der Waals surface area contributed by atoms with Crippen LogP contribution < -0.4 is 5.14 Å². The number of nitrogens with two attached hydrogens (primary N) is 1. The Labute approximate surface area is 101 Å². The summed E-state index contributed by atoms with van der Waals surface area (Å²) in [5.74, 6) is 0. The van der Waals surface area contributed by atoms with Crippen LogP contribution in [0.15, 0.2) is 21.8 Å². The number of primary sulfonamides is 1. The van der Waals surface area contributed by atoms with Gasteiger partial charge in [-0.2, -0.15) is 9.61 Å². The molecule has 0 unspecified atom stereocenters. The molecule has 0 aromatic carbocycles. The highest BCUT2D eigenvalue weighted by Gasteiger charge is 2.21. The molecule has 8 heteroatoms. The van der Waals surface area contributed by atoms with Gasteiger partial charge >= 0.3 is 0 Å². The highest BCUT2D eigenvalue weighted by atomic mass is 79.9. The highest BCUT2D eigenvalue weighted by Crippen LogP contribution is 2.21. The first kappa shape index (κ1) is 11.5. The van der Waals surface area contributed by atoms with Crippen LogP contribution in [0.25, 0.3) is 5.65 Å². The minimum atomic E-state index is -3.85. The minimum Gasteiger partial charge on any atom is -0.223 e. The molecule has 0 spiro atoms. The van der Waals surface area contributed by atoms with Crippen LogP contribution in [0.2, 0.25) is 0 Å². The first-order chi connectivity index (χ1) is 7.43. The smallest absolute Gasteiger partial charge is 0.223 e. The molecule has 0 saturated carbocycles.